The zero-order valence-electron chi connectivity index (χ0n) is 8.72. The van der Waals surface area contributed by atoms with Crippen LogP contribution in [0.25, 0.3) is 0 Å². The molecule has 1 aromatic rings. The molecule has 1 aromatic carbocycles. The fourth-order valence-electron chi connectivity index (χ4n) is 2.27. The highest BCUT2D eigenvalue weighted by Gasteiger charge is 2.30. The van der Waals surface area contributed by atoms with E-state index in [0.717, 1.165) is 25.9 Å². The molecule has 0 aliphatic carbocycles. The number of aryl methyl sites for hydroxylation is 1. The molecule has 0 spiro atoms. The van der Waals surface area contributed by atoms with Crippen molar-refractivity contribution in [2.45, 2.75) is 25.3 Å². The summed E-state index contributed by atoms with van der Waals surface area (Å²) in [4.78, 5) is 0. The smallest absolute Gasteiger partial charge is 0.0436 e. The third-order valence-corrected chi connectivity index (χ3v) is 3.18. The molecule has 1 aliphatic heterocycles. The van der Waals surface area contributed by atoms with E-state index in [2.05, 4.69) is 36.5 Å². The summed E-state index contributed by atoms with van der Waals surface area (Å²) in [5.41, 5.74) is 8.98. The fraction of sp³-hybridized carbons (Fsp3) is 0.500. The van der Waals surface area contributed by atoms with E-state index in [0.29, 0.717) is 0 Å². The van der Waals surface area contributed by atoms with Crippen LogP contribution in [0, 0.1) is 6.92 Å². The second-order valence-corrected chi connectivity index (χ2v) is 4.22. The molecule has 2 nitrogen and oxygen atoms in total. The van der Waals surface area contributed by atoms with Gasteiger partial charge in [0.25, 0.3) is 0 Å². The van der Waals surface area contributed by atoms with Gasteiger partial charge in [0.05, 0.1) is 0 Å². The molecule has 0 atom stereocenters. The van der Waals surface area contributed by atoms with Gasteiger partial charge in [0, 0.05) is 5.54 Å². The van der Waals surface area contributed by atoms with Crippen LogP contribution in [0.15, 0.2) is 24.3 Å². The molecule has 3 N–H and O–H groups in total. The van der Waals surface area contributed by atoms with Crippen LogP contribution >= 0.6 is 0 Å². The molecule has 1 heterocycles. The predicted octanol–water partition coefficient (Wildman–Crippen LogP) is 1.53. The van der Waals surface area contributed by atoms with E-state index in [1.165, 1.54) is 11.1 Å². The van der Waals surface area contributed by atoms with Crippen LogP contribution in [0.5, 0.6) is 0 Å². The SMILES string of the molecule is Cc1ccccc1C1(N)CCNCC1. The second kappa shape index (κ2) is 3.71. The highest BCUT2D eigenvalue weighted by Crippen LogP contribution is 2.29. The van der Waals surface area contributed by atoms with Crippen molar-refractivity contribution >= 4 is 0 Å². The van der Waals surface area contributed by atoms with Gasteiger partial charge < -0.3 is 11.1 Å². The number of rotatable bonds is 1. The molecule has 14 heavy (non-hydrogen) atoms. The third kappa shape index (κ3) is 1.68. The van der Waals surface area contributed by atoms with Crippen LogP contribution < -0.4 is 11.1 Å². The summed E-state index contributed by atoms with van der Waals surface area (Å²) < 4.78 is 0. The fourth-order valence-corrected chi connectivity index (χ4v) is 2.27. The summed E-state index contributed by atoms with van der Waals surface area (Å²) in [6.07, 6.45) is 2.08. The van der Waals surface area contributed by atoms with Gasteiger partial charge in [-0.3, -0.25) is 0 Å². The largest absolute Gasteiger partial charge is 0.321 e. The Hall–Kier alpha value is -0.860. The summed E-state index contributed by atoms with van der Waals surface area (Å²) in [6.45, 7) is 4.21. The minimum Gasteiger partial charge on any atom is -0.321 e. The summed E-state index contributed by atoms with van der Waals surface area (Å²) >= 11 is 0. The molecule has 1 fully saturated rings. The zero-order chi connectivity index (χ0) is 10.0. The van der Waals surface area contributed by atoms with Gasteiger partial charge in [0.2, 0.25) is 0 Å². The van der Waals surface area contributed by atoms with Crippen LogP contribution in [0.4, 0.5) is 0 Å². The summed E-state index contributed by atoms with van der Waals surface area (Å²) in [5, 5.41) is 3.35. The summed E-state index contributed by atoms with van der Waals surface area (Å²) in [5.74, 6) is 0. The molecule has 1 aliphatic rings. The highest BCUT2D eigenvalue weighted by atomic mass is 14.9. The first-order valence-corrected chi connectivity index (χ1v) is 5.28. The minimum atomic E-state index is -0.101. The first kappa shape index (κ1) is 9.69. The quantitative estimate of drug-likeness (QED) is 0.705. The lowest BCUT2D eigenvalue weighted by Crippen LogP contribution is -2.46. The van der Waals surface area contributed by atoms with Crippen LogP contribution in [-0.4, -0.2) is 13.1 Å². The van der Waals surface area contributed by atoms with Gasteiger partial charge >= 0.3 is 0 Å². The van der Waals surface area contributed by atoms with Crippen molar-refractivity contribution in [1.82, 2.24) is 5.32 Å². The predicted molar refractivity (Wildman–Crippen MR) is 59.1 cm³/mol. The molecule has 0 radical (unpaired) electrons. The Morgan fingerprint density at radius 3 is 2.50 bits per heavy atom. The van der Waals surface area contributed by atoms with Gasteiger partial charge in [0.15, 0.2) is 0 Å². The first-order valence-electron chi connectivity index (χ1n) is 5.28. The molecule has 0 aromatic heterocycles. The molecule has 0 amide bonds. The standard InChI is InChI=1S/C12H18N2/c1-10-4-2-3-5-11(10)12(13)6-8-14-9-7-12/h2-5,14H,6-9,13H2,1H3. The number of nitrogens with one attached hydrogen (secondary N) is 1. The number of nitrogens with two attached hydrogens (primary N) is 1. The number of hydrogen-bond acceptors (Lipinski definition) is 2. The Morgan fingerprint density at radius 1 is 1.21 bits per heavy atom. The van der Waals surface area contributed by atoms with E-state index < -0.39 is 0 Å². The lowest BCUT2D eigenvalue weighted by atomic mass is 9.80. The highest BCUT2D eigenvalue weighted by molar-refractivity contribution is 5.32. The van der Waals surface area contributed by atoms with Crippen LogP contribution in [-0.2, 0) is 5.54 Å². The summed E-state index contributed by atoms with van der Waals surface area (Å²) in [7, 11) is 0. The number of hydrogen-bond donors (Lipinski definition) is 2. The van der Waals surface area contributed by atoms with Crippen molar-refractivity contribution < 1.29 is 0 Å². The molecule has 1 saturated heterocycles. The van der Waals surface area contributed by atoms with E-state index in [9.17, 15) is 0 Å². The van der Waals surface area contributed by atoms with Gasteiger partial charge in [-0.15, -0.1) is 0 Å². The van der Waals surface area contributed by atoms with Crippen molar-refractivity contribution in [1.29, 1.82) is 0 Å². The van der Waals surface area contributed by atoms with E-state index in [4.69, 9.17) is 5.73 Å². The molecular formula is C12H18N2. The second-order valence-electron chi connectivity index (χ2n) is 4.22. The Balaban J connectivity index is 2.32. The van der Waals surface area contributed by atoms with Crippen molar-refractivity contribution in [3.63, 3.8) is 0 Å². The molecule has 0 unspecified atom stereocenters. The van der Waals surface area contributed by atoms with Gasteiger partial charge in [-0.2, -0.15) is 0 Å². The minimum absolute atomic E-state index is 0.101. The zero-order valence-corrected chi connectivity index (χ0v) is 8.72. The first-order chi connectivity index (χ1) is 6.72. The van der Waals surface area contributed by atoms with Crippen LogP contribution in [0.3, 0.4) is 0 Å². The third-order valence-electron chi connectivity index (χ3n) is 3.18. The lowest BCUT2D eigenvalue weighted by Gasteiger charge is -2.35. The topological polar surface area (TPSA) is 38.0 Å². The normalized spacial score (nSPS) is 20.7. The van der Waals surface area contributed by atoms with Gasteiger partial charge in [0.1, 0.15) is 0 Å². The van der Waals surface area contributed by atoms with Crippen molar-refractivity contribution in [2.75, 3.05) is 13.1 Å². The summed E-state index contributed by atoms with van der Waals surface area (Å²) in [6, 6.07) is 8.47. The van der Waals surface area contributed by atoms with Gasteiger partial charge in [-0.1, -0.05) is 24.3 Å². The van der Waals surface area contributed by atoms with E-state index in [1.807, 2.05) is 0 Å². The number of piperidine rings is 1. The van der Waals surface area contributed by atoms with E-state index in [1.54, 1.807) is 0 Å². The van der Waals surface area contributed by atoms with Crippen molar-refractivity contribution in [2.24, 2.45) is 5.73 Å². The van der Waals surface area contributed by atoms with Gasteiger partial charge in [-0.25, -0.2) is 0 Å². The van der Waals surface area contributed by atoms with Gasteiger partial charge in [-0.05, 0) is 44.0 Å². The van der Waals surface area contributed by atoms with Crippen molar-refractivity contribution in [3.05, 3.63) is 35.4 Å². The molecule has 2 rings (SSSR count). The lowest BCUT2D eigenvalue weighted by molar-refractivity contribution is 0.316. The van der Waals surface area contributed by atoms with Crippen LogP contribution in [0.1, 0.15) is 24.0 Å². The average molecular weight is 190 g/mol. The molecule has 76 valence electrons. The van der Waals surface area contributed by atoms with E-state index in [-0.39, 0.29) is 5.54 Å². The Labute approximate surface area is 85.5 Å². The average Bonchev–Trinajstić information content (AvgIpc) is 2.19. The maximum Gasteiger partial charge on any atom is 0.0436 e. The van der Waals surface area contributed by atoms with Crippen LogP contribution in [0.2, 0.25) is 0 Å². The number of benzene rings is 1. The van der Waals surface area contributed by atoms with E-state index >= 15 is 0 Å². The monoisotopic (exact) mass is 190 g/mol. The Morgan fingerprint density at radius 2 is 1.86 bits per heavy atom. The molecule has 0 bridgehead atoms. The molecule has 2 heteroatoms. The van der Waals surface area contributed by atoms with Crippen molar-refractivity contribution in [3.8, 4) is 0 Å². The Bertz CT molecular complexity index is 314. The molecule has 0 saturated carbocycles. The maximum absolute atomic E-state index is 6.44. The maximum atomic E-state index is 6.44. The Kier molecular flexibility index (Phi) is 2.57. The molecular weight excluding hydrogens is 172 g/mol.